The van der Waals surface area contributed by atoms with Crippen molar-refractivity contribution in [3.8, 4) is 16.9 Å². The van der Waals surface area contributed by atoms with Gasteiger partial charge in [0.2, 0.25) is 0 Å². The molecule has 0 amide bonds. The number of aromatic nitrogens is 5. The van der Waals surface area contributed by atoms with Crippen LogP contribution in [-0.4, -0.2) is 45.2 Å². The predicted molar refractivity (Wildman–Crippen MR) is 150 cm³/mol. The number of benzene rings is 1. The van der Waals surface area contributed by atoms with E-state index in [0.29, 0.717) is 41.4 Å². The second-order valence-corrected chi connectivity index (χ2v) is 11.0. The molecular formula is C28H30ClF2N7O2. The van der Waals surface area contributed by atoms with E-state index < -0.39 is 28.6 Å². The van der Waals surface area contributed by atoms with Crippen molar-refractivity contribution in [2.45, 2.75) is 52.5 Å². The van der Waals surface area contributed by atoms with Crippen LogP contribution in [-0.2, 0) is 0 Å². The Morgan fingerprint density at radius 3 is 2.33 bits per heavy atom. The Bertz CT molecular complexity index is 1630. The Balaban J connectivity index is 2.00. The average molecular weight is 570 g/mol. The fourth-order valence-electron chi connectivity index (χ4n) is 5.24. The van der Waals surface area contributed by atoms with Gasteiger partial charge in [0.25, 0.3) is 0 Å². The van der Waals surface area contributed by atoms with Crippen molar-refractivity contribution >= 4 is 28.5 Å². The van der Waals surface area contributed by atoms with E-state index in [0.717, 1.165) is 12.1 Å². The normalized spacial score (nSPS) is 15.9. The molecule has 1 aliphatic heterocycles. The molecule has 1 aromatic carbocycles. The first-order valence-corrected chi connectivity index (χ1v) is 13.6. The molecule has 1 aliphatic rings. The van der Waals surface area contributed by atoms with Gasteiger partial charge in [-0.3, -0.25) is 0 Å². The summed E-state index contributed by atoms with van der Waals surface area (Å²) in [6.07, 6.45) is 1.42. The molecule has 1 atom stereocenters. The third-order valence-electron chi connectivity index (χ3n) is 7.15. The molecule has 0 unspecified atom stereocenters. The number of rotatable bonds is 5. The maximum atomic E-state index is 15.0. The van der Waals surface area contributed by atoms with Gasteiger partial charge in [-0.2, -0.15) is 4.98 Å². The molecule has 0 saturated carbocycles. The summed E-state index contributed by atoms with van der Waals surface area (Å²) in [5, 5.41) is 17.7. The Labute approximate surface area is 235 Å². The maximum Gasteiger partial charge on any atom is 0.442 e. The zero-order chi connectivity index (χ0) is 28.9. The van der Waals surface area contributed by atoms with Gasteiger partial charge in [-0.15, -0.1) is 4.57 Å². The van der Waals surface area contributed by atoms with Crippen LogP contribution in [0.3, 0.4) is 0 Å². The van der Waals surface area contributed by atoms with Crippen molar-refractivity contribution in [3.05, 3.63) is 74.3 Å². The number of pyridine rings is 1. The lowest BCUT2D eigenvalue weighted by atomic mass is 10.0. The minimum atomic E-state index is -0.960. The zero-order valence-electron chi connectivity index (χ0n) is 22.9. The largest absolute Gasteiger partial charge is 0.710 e. The number of nitrogens with zero attached hydrogens (tertiary/aromatic N) is 6. The van der Waals surface area contributed by atoms with Gasteiger partial charge in [0.15, 0.2) is 17.2 Å². The molecule has 12 heteroatoms. The van der Waals surface area contributed by atoms with E-state index in [1.807, 2.05) is 39.5 Å². The lowest BCUT2D eigenvalue weighted by Gasteiger charge is -2.35. The van der Waals surface area contributed by atoms with Crippen LogP contribution in [0.5, 0.6) is 0 Å². The van der Waals surface area contributed by atoms with Crippen molar-refractivity contribution < 1.29 is 13.5 Å². The standard InChI is InChI=1S/C28H30ClF2N7O2/c1-14(2)22-25(23(15(3)4)34-13-33-22)37-27-17(26(35-28(37)39)36-10-9-32-12-16(36)5)11-18(29)24(38(27)40)21-19(30)7-6-8-20(21)31/h6-8,11,13-16,32H,9-10,12H2,1-5H3/t16-/m0/s1. The van der Waals surface area contributed by atoms with E-state index in [9.17, 15) is 18.8 Å². The summed E-state index contributed by atoms with van der Waals surface area (Å²) in [5.74, 6) is -1.95. The van der Waals surface area contributed by atoms with Gasteiger partial charge in [0, 0.05) is 25.7 Å². The van der Waals surface area contributed by atoms with Gasteiger partial charge in [-0.1, -0.05) is 45.4 Å². The first-order chi connectivity index (χ1) is 19.0. The molecule has 40 heavy (non-hydrogen) atoms. The van der Waals surface area contributed by atoms with Crippen LogP contribution in [0.15, 0.2) is 35.4 Å². The Morgan fingerprint density at radius 2 is 1.75 bits per heavy atom. The second kappa shape index (κ2) is 10.7. The summed E-state index contributed by atoms with van der Waals surface area (Å²) in [7, 11) is 0. The van der Waals surface area contributed by atoms with Crippen LogP contribution in [0.25, 0.3) is 28.0 Å². The number of fused-ring (bicyclic) bond motifs is 1. The van der Waals surface area contributed by atoms with Crippen LogP contribution >= 0.6 is 11.6 Å². The van der Waals surface area contributed by atoms with E-state index in [4.69, 9.17) is 11.6 Å². The quantitative estimate of drug-likeness (QED) is 0.280. The van der Waals surface area contributed by atoms with Gasteiger partial charge >= 0.3 is 11.3 Å². The molecule has 0 radical (unpaired) electrons. The van der Waals surface area contributed by atoms with Crippen LogP contribution < -0.4 is 20.6 Å². The third-order valence-corrected chi connectivity index (χ3v) is 7.44. The summed E-state index contributed by atoms with van der Waals surface area (Å²) in [6.45, 7) is 11.4. The average Bonchev–Trinajstić information content (AvgIpc) is 2.90. The third kappa shape index (κ3) is 4.56. The first-order valence-electron chi connectivity index (χ1n) is 13.2. The van der Waals surface area contributed by atoms with Crippen LogP contribution in [0.1, 0.15) is 57.8 Å². The number of piperazine rings is 1. The molecule has 0 aliphatic carbocycles. The molecule has 1 saturated heterocycles. The summed E-state index contributed by atoms with van der Waals surface area (Å²) in [4.78, 5) is 29.3. The summed E-state index contributed by atoms with van der Waals surface area (Å²) in [5.41, 5.74) is -0.560. The molecule has 3 aromatic heterocycles. The summed E-state index contributed by atoms with van der Waals surface area (Å²) in [6, 6.07) is 4.69. The molecular weight excluding hydrogens is 540 g/mol. The minimum absolute atomic E-state index is 0.0558. The zero-order valence-corrected chi connectivity index (χ0v) is 23.6. The predicted octanol–water partition coefficient (Wildman–Crippen LogP) is 4.45. The Hall–Kier alpha value is -3.70. The van der Waals surface area contributed by atoms with E-state index in [-0.39, 0.29) is 39.8 Å². The van der Waals surface area contributed by atoms with Crippen molar-refractivity contribution in [1.82, 2.24) is 24.8 Å². The molecule has 0 bridgehead atoms. The number of hydrogen-bond donors (Lipinski definition) is 1. The van der Waals surface area contributed by atoms with Gasteiger partial charge in [0.05, 0.1) is 22.0 Å². The topological polar surface area (TPSA) is 103 Å². The maximum absolute atomic E-state index is 15.0. The lowest BCUT2D eigenvalue weighted by Crippen LogP contribution is -2.51. The fourth-order valence-corrected chi connectivity index (χ4v) is 5.52. The Kier molecular flexibility index (Phi) is 7.45. The van der Waals surface area contributed by atoms with E-state index in [1.54, 1.807) is 0 Å². The first kappa shape index (κ1) is 27.9. The van der Waals surface area contributed by atoms with E-state index in [1.165, 1.54) is 23.0 Å². The van der Waals surface area contributed by atoms with Crippen molar-refractivity contribution in [2.75, 3.05) is 24.5 Å². The molecule has 9 nitrogen and oxygen atoms in total. The highest BCUT2D eigenvalue weighted by Gasteiger charge is 2.34. The lowest BCUT2D eigenvalue weighted by molar-refractivity contribution is -0.568. The number of anilines is 1. The number of hydrogen-bond acceptors (Lipinski definition) is 7. The molecule has 4 heterocycles. The van der Waals surface area contributed by atoms with Gasteiger partial charge in [-0.05, 0) is 37.0 Å². The SMILES string of the molecule is CC(C)c1ncnc(C(C)C)c1-n1c(=O)nc(N2CCNC[C@@H]2C)c2cc(Cl)c(-c3c(F)cccc3F)[n+]([O-])c21. The van der Waals surface area contributed by atoms with Crippen molar-refractivity contribution in [2.24, 2.45) is 0 Å². The molecule has 1 fully saturated rings. The highest BCUT2D eigenvalue weighted by atomic mass is 35.5. The Morgan fingerprint density at radius 1 is 1.12 bits per heavy atom. The van der Waals surface area contributed by atoms with Crippen LogP contribution in [0, 0.1) is 16.8 Å². The fraction of sp³-hybridized carbons (Fsp3) is 0.393. The highest BCUT2D eigenvalue weighted by molar-refractivity contribution is 6.33. The molecule has 210 valence electrons. The highest BCUT2D eigenvalue weighted by Crippen LogP contribution is 2.36. The van der Waals surface area contributed by atoms with Crippen molar-refractivity contribution in [3.63, 3.8) is 0 Å². The summed E-state index contributed by atoms with van der Waals surface area (Å²) >= 11 is 6.61. The molecule has 0 spiro atoms. The smallest absolute Gasteiger partial charge is 0.442 e. The van der Waals surface area contributed by atoms with Crippen LogP contribution in [0.4, 0.5) is 14.6 Å². The number of nitrogens with one attached hydrogen (secondary N) is 1. The molecule has 1 N–H and O–H groups in total. The molecule has 5 rings (SSSR count). The van der Waals surface area contributed by atoms with Crippen LogP contribution in [0.2, 0.25) is 5.02 Å². The van der Waals surface area contributed by atoms with Gasteiger partial charge in [-0.25, -0.2) is 28.3 Å². The summed E-state index contributed by atoms with van der Waals surface area (Å²) < 4.78 is 31.5. The minimum Gasteiger partial charge on any atom is -0.710 e. The second-order valence-electron chi connectivity index (χ2n) is 10.6. The van der Waals surface area contributed by atoms with Gasteiger partial charge < -0.3 is 15.4 Å². The molecule has 4 aromatic rings. The number of halogens is 3. The van der Waals surface area contributed by atoms with E-state index in [2.05, 4.69) is 20.3 Å². The van der Waals surface area contributed by atoms with E-state index >= 15 is 0 Å². The monoisotopic (exact) mass is 569 g/mol. The van der Waals surface area contributed by atoms with Crippen molar-refractivity contribution in [1.29, 1.82) is 0 Å². The van der Waals surface area contributed by atoms with Gasteiger partial charge in [0.1, 0.15) is 23.3 Å².